The minimum Gasteiger partial charge on any atom is -0.486 e. The Kier molecular flexibility index (Phi) is 10.3. The van der Waals surface area contributed by atoms with Crippen molar-refractivity contribution in [3.8, 4) is 5.75 Å². The van der Waals surface area contributed by atoms with Crippen LogP contribution in [-0.2, 0) is 4.79 Å². The van der Waals surface area contributed by atoms with E-state index in [-0.39, 0.29) is 53.5 Å². The molecule has 6 nitrogen and oxygen atoms in total. The summed E-state index contributed by atoms with van der Waals surface area (Å²) in [6.45, 7) is 6.08. The highest BCUT2D eigenvalue weighted by Crippen LogP contribution is 2.28. The second-order valence-corrected chi connectivity index (χ2v) is 6.07. The molecular formula is C18H28FIN4O2. The van der Waals surface area contributed by atoms with Gasteiger partial charge in [0.15, 0.2) is 17.5 Å². The maximum Gasteiger partial charge on any atom is 0.223 e. The number of rotatable bonds is 9. The van der Waals surface area contributed by atoms with Crippen LogP contribution in [0.5, 0.6) is 5.75 Å². The molecule has 1 amide bonds. The van der Waals surface area contributed by atoms with Crippen molar-refractivity contribution in [2.75, 3.05) is 26.2 Å². The first-order chi connectivity index (χ1) is 12.1. The first-order valence-electron chi connectivity index (χ1n) is 8.81. The average Bonchev–Trinajstić information content (AvgIpc) is 3.43. The van der Waals surface area contributed by atoms with Gasteiger partial charge in [0.2, 0.25) is 5.91 Å². The highest BCUT2D eigenvalue weighted by atomic mass is 127. The van der Waals surface area contributed by atoms with Crippen LogP contribution in [0.4, 0.5) is 4.39 Å². The first kappa shape index (κ1) is 22.5. The highest BCUT2D eigenvalue weighted by molar-refractivity contribution is 14.0. The molecule has 8 heteroatoms. The number of hydrogen-bond acceptors (Lipinski definition) is 3. The second kappa shape index (κ2) is 11.9. The third-order valence-corrected chi connectivity index (χ3v) is 3.68. The summed E-state index contributed by atoms with van der Waals surface area (Å²) in [6, 6.07) is 6.32. The van der Waals surface area contributed by atoms with Gasteiger partial charge in [-0.3, -0.25) is 4.79 Å². The van der Waals surface area contributed by atoms with Crippen LogP contribution in [-0.4, -0.2) is 44.1 Å². The van der Waals surface area contributed by atoms with Crippen LogP contribution in [0, 0.1) is 11.7 Å². The molecule has 0 saturated heterocycles. The van der Waals surface area contributed by atoms with Crippen molar-refractivity contribution in [1.29, 1.82) is 0 Å². The number of para-hydroxylation sites is 1. The molecule has 146 valence electrons. The van der Waals surface area contributed by atoms with Crippen molar-refractivity contribution < 1.29 is 13.9 Å². The van der Waals surface area contributed by atoms with Gasteiger partial charge in [-0.2, -0.15) is 0 Å². The zero-order chi connectivity index (χ0) is 18.1. The molecule has 1 aliphatic carbocycles. The predicted octanol–water partition coefficient (Wildman–Crippen LogP) is 2.29. The summed E-state index contributed by atoms with van der Waals surface area (Å²) in [7, 11) is 0. The number of guanidine groups is 1. The van der Waals surface area contributed by atoms with E-state index in [2.05, 4.69) is 20.9 Å². The minimum absolute atomic E-state index is 0. The van der Waals surface area contributed by atoms with Crippen molar-refractivity contribution >= 4 is 35.8 Å². The molecule has 1 fully saturated rings. The third kappa shape index (κ3) is 8.20. The Labute approximate surface area is 171 Å². The van der Waals surface area contributed by atoms with Crippen LogP contribution in [0.1, 0.15) is 26.7 Å². The molecule has 1 saturated carbocycles. The Morgan fingerprint density at radius 2 is 1.96 bits per heavy atom. The van der Waals surface area contributed by atoms with Crippen LogP contribution in [0.2, 0.25) is 0 Å². The fraction of sp³-hybridized carbons (Fsp3) is 0.556. The van der Waals surface area contributed by atoms with Gasteiger partial charge < -0.3 is 20.7 Å². The molecule has 1 atom stereocenters. The number of nitrogens with one attached hydrogen (secondary N) is 3. The molecule has 1 unspecified atom stereocenters. The summed E-state index contributed by atoms with van der Waals surface area (Å²) in [5, 5.41) is 9.19. The van der Waals surface area contributed by atoms with Crippen LogP contribution in [0.3, 0.4) is 0 Å². The zero-order valence-electron chi connectivity index (χ0n) is 15.3. The summed E-state index contributed by atoms with van der Waals surface area (Å²) in [5.74, 6) is 0.849. The van der Waals surface area contributed by atoms with Crippen LogP contribution in [0.15, 0.2) is 29.3 Å². The SMILES string of the molecule is CCNC(=NCC(C)Oc1ccccc1F)NCCNC(=O)C1CC1.I. The van der Waals surface area contributed by atoms with E-state index < -0.39 is 0 Å². The summed E-state index contributed by atoms with van der Waals surface area (Å²) in [4.78, 5) is 16.0. The number of nitrogens with zero attached hydrogens (tertiary/aromatic N) is 1. The fourth-order valence-corrected chi connectivity index (χ4v) is 2.21. The molecule has 1 aromatic rings. The molecule has 0 radical (unpaired) electrons. The molecule has 0 aromatic heterocycles. The summed E-state index contributed by atoms with van der Waals surface area (Å²) in [6.07, 6.45) is 1.74. The number of ether oxygens (including phenoxy) is 1. The Bertz CT molecular complexity index is 596. The lowest BCUT2D eigenvalue weighted by Gasteiger charge is -2.15. The Morgan fingerprint density at radius 3 is 2.62 bits per heavy atom. The lowest BCUT2D eigenvalue weighted by Crippen LogP contribution is -2.42. The average molecular weight is 478 g/mol. The van der Waals surface area contributed by atoms with Gasteiger partial charge in [-0.15, -0.1) is 24.0 Å². The van der Waals surface area contributed by atoms with E-state index in [4.69, 9.17) is 4.74 Å². The van der Waals surface area contributed by atoms with Gasteiger partial charge in [0.25, 0.3) is 0 Å². The number of benzene rings is 1. The number of carbonyl (C=O) groups is 1. The highest BCUT2D eigenvalue weighted by Gasteiger charge is 2.28. The van der Waals surface area contributed by atoms with E-state index in [1.807, 2.05) is 13.8 Å². The quantitative estimate of drug-likeness (QED) is 0.221. The van der Waals surface area contributed by atoms with Crippen LogP contribution in [0.25, 0.3) is 0 Å². The van der Waals surface area contributed by atoms with E-state index in [1.165, 1.54) is 6.07 Å². The summed E-state index contributed by atoms with van der Waals surface area (Å²) in [5.41, 5.74) is 0. The van der Waals surface area contributed by atoms with Crippen molar-refractivity contribution in [1.82, 2.24) is 16.0 Å². The maximum atomic E-state index is 13.6. The molecule has 0 aliphatic heterocycles. The Morgan fingerprint density at radius 1 is 1.27 bits per heavy atom. The van der Waals surface area contributed by atoms with E-state index >= 15 is 0 Å². The third-order valence-electron chi connectivity index (χ3n) is 3.68. The molecule has 0 bridgehead atoms. The van der Waals surface area contributed by atoms with Gasteiger partial charge in [-0.1, -0.05) is 12.1 Å². The van der Waals surface area contributed by atoms with Crippen molar-refractivity contribution in [2.24, 2.45) is 10.9 Å². The number of halogens is 2. The number of aliphatic imine (C=N–C) groups is 1. The lowest BCUT2D eigenvalue weighted by atomic mass is 10.3. The summed E-state index contributed by atoms with van der Waals surface area (Å²) < 4.78 is 19.2. The topological polar surface area (TPSA) is 74.8 Å². The van der Waals surface area contributed by atoms with Crippen molar-refractivity contribution in [2.45, 2.75) is 32.8 Å². The van der Waals surface area contributed by atoms with Crippen LogP contribution >= 0.6 is 24.0 Å². The van der Waals surface area contributed by atoms with Gasteiger partial charge in [0.05, 0.1) is 6.54 Å². The Hall–Kier alpha value is -1.58. The number of amides is 1. The fourth-order valence-electron chi connectivity index (χ4n) is 2.21. The number of carbonyl (C=O) groups excluding carboxylic acids is 1. The predicted molar refractivity (Wildman–Crippen MR) is 112 cm³/mol. The molecule has 1 aliphatic rings. The maximum absolute atomic E-state index is 13.6. The lowest BCUT2D eigenvalue weighted by molar-refractivity contribution is -0.122. The van der Waals surface area contributed by atoms with E-state index in [9.17, 15) is 9.18 Å². The van der Waals surface area contributed by atoms with E-state index in [0.29, 0.717) is 25.6 Å². The largest absolute Gasteiger partial charge is 0.486 e. The summed E-state index contributed by atoms with van der Waals surface area (Å²) >= 11 is 0. The molecule has 0 spiro atoms. The van der Waals surface area contributed by atoms with Gasteiger partial charge >= 0.3 is 0 Å². The van der Waals surface area contributed by atoms with E-state index in [1.54, 1.807) is 18.2 Å². The molecular weight excluding hydrogens is 450 g/mol. The van der Waals surface area contributed by atoms with E-state index in [0.717, 1.165) is 19.4 Å². The molecule has 3 N–H and O–H groups in total. The first-order valence-corrected chi connectivity index (χ1v) is 8.81. The Balaban J connectivity index is 0.00000338. The molecule has 1 aromatic carbocycles. The number of hydrogen-bond donors (Lipinski definition) is 3. The monoisotopic (exact) mass is 478 g/mol. The molecule has 0 heterocycles. The van der Waals surface area contributed by atoms with Crippen LogP contribution < -0.4 is 20.7 Å². The normalized spacial score (nSPS) is 14.8. The van der Waals surface area contributed by atoms with Crippen molar-refractivity contribution in [3.05, 3.63) is 30.1 Å². The van der Waals surface area contributed by atoms with Gasteiger partial charge in [-0.05, 0) is 38.8 Å². The zero-order valence-corrected chi connectivity index (χ0v) is 17.6. The standard InChI is InChI=1S/C18H27FN4O2.HI/c1-3-20-18(22-11-10-21-17(24)14-8-9-14)23-12-13(2)25-16-7-5-4-6-15(16)19;/h4-7,13-14H,3,8-12H2,1-2H3,(H,21,24)(H2,20,22,23);1H. The minimum atomic E-state index is -0.380. The smallest absolute Gasteiger partial charge is 0.223 e. The molecule has 2 rings (SSSR count). The van der Waals surface area contributed by atoms with Gasteiger partial charge in [0.1, 0.15) is 6.10 Å². The van der Waals surface area contributed by atoms with Crippen molar-refractivity contribution in [3.63, 3.8) is 0 Å². The molecule has 26 heavy (non-hydrogen) atoms. The second-order valence-electron chi connectivity index (χ2n) is 6.07. The van der Waals surface area contributed by atoms with Gasteiger partial charge in [-0.25, -0.2) is 9.38 Å². The van der Waals surface area contributed by atoms with Gasteiger partial charge in [0, 0.05) is 25.6 Å².